The van der Waals surface area contributed by atoms with E-state index < -0.39 is 0 Å². The summed E-state index contributed by atoms with van der Waals surface area (Å²) in [5.41, 5.74) is 5.10. The van der Waals surface area contributed by atoms with E-state index in [1.807, 2.05) is 12.1 Å². The van der Waals surface area contributed by atoms with Crippen molar-refractivity contribution in [1.82, 2.24) is 0 Å². The summed E-state index contributed by atoms with van der Waals surface area (Å²) < 4.78 is 0. The van der Waals surface area contributed by atoms with Crippen molar-refractivity contribution in [3.05, 3.63) is 69.3 Å². The molecule has 1 aliphatic heterocycles. The lowest BCUT2D eigenvalue weighted by molar-refractivity contribution is -0.384. The highest BCUT2D eigenvalue weighted by Gasteiger charge is 2.54. The Balaban J connectivity index is 1.62. The first-order chi connectivity index (χ1) is 12.1. The monoisotopic (exact) mass is 334 g/mol. The van der Waals surface area contributed by atoms with Crippen LogP contribution in [0.15, 0.2) is 42.5 Å². The Hall–Kier alpha value is -2.36. The van der Waals surface area contributed by atoms with Crippen LogP contribution >= 0.6 is 0 Å². The molecule has 1 heterocycles. The number of anilines is 1. The smallest absolute Gasteiger partial charge is 0.269 e. The highest BCUT2D eigenvalue weighted by Crippen LogP contribution is 2.63. The van der Waals surface area contributed by atoms with Crippen LogP contribution in [0.2, 0.25) is 0 Å². The molecular weight excluding hydrogens is 312 g/mol. The minimum absolute atomic E-state index is 0.218. The zero-order valence-electron chi connectivity index (χ0n) is 14.3. The fraction of sp³-hybridized carbons (Fsp3) is 0.429. The van der Waals surface area contributed by atoms with Gasteiger partial charge in [0.15, 0.2) is 0 Å². The van der Waals surface area contributed by atoms with Crippen molar-refractivity contribution in [3.63, 3.8) is 0 Å². The quantitative estimate of drug-likeness (QED) is 0.606. The van der Waals surface area contributed by atoms with E-state index in [0.717, 1.165) is 11.6 Å². The first-order valence-electron chi connectivity index (χ1n) is 9.23. The highest BCUT2D eigenvalue weighted by atomic mass is 16.6. The molecule has 0 spiro atoms. The van der Waals surface area contributed by atoms with Crippen molar-refractivity contribution in [1.29, 1.82) is 0 Å². The Morgan fingerprint density at radius 1 is 1.08 bits per heavy atom. The molecule has 0 radical (unpaired) electrons. The predicted octanol–water partition coefficient (Wildman–Crippen LogP) is 5.20. The van der Waals surface area contributed by atoms with E-state index in [1.165, 1.54) is 36.0 Å². The zero-order valence-corrected chi connectivity index (χ0v) is 14.3. The number of non-ortho nitro benzene ring substituents is 1. The minimum Gasteiger partial charge on any atom is -0.378 e. The maximum Gasteiger partial charge on any atom is 0.269 e. The molecular formula is C21H22N2O2. The summed E-state index contributed by atoms with van der Waals surface area (Å²) in [6.45, 7) is 2.12. The Bertz CT molecular complexity index is 845. The fourth-order valence-electron chi connectivity index (χ4n) is 5.69. The van der Waals surface area contributed by atoms with Gasteiger partial charge >= 0.3 is 0 Å². The van der Waals surface area contributed by atoms with Gasteiger partial charge in [0.2, 0.25) is 0 Å². The van der Waals surface area contributed by atoms with Crippen LogP contribution in [0.5, 0.6) is 0 Å². The molecule has 2 fully saturated rings. The predicted molar refractivity (Wildman–Crippen MR) is 97.7 cm³/mol. The van der Waals surface area contributed by atoms with Crippen LogP contribution in [-0.2, 0) is 0 Å². The molecule has 128 valence electrons. The van der Waals surface area contributed by atoms with Crippen LogP contribution in [0.4, 0.5) is 11.4 Å². The van der Waals surface area contributed by atoms with Crippen molar-refractivity contribution < 1.29 is 4.92 Å². The molecule has 0 saturated heterocycles. The second kappa shape index (κ2) is 5.32. The maximum atomic E-state index is 11.2. The van der Waals surface area contributed by atoms with Gasteiger partial charge in [0, 0.05) is 17.8 Å². The molecule has 2 aromatic rings. The second-order valence-electron chi connectivity index (χ2n) is 8.00. The molecule has 4 heteroatoms. The largest absolute Gasteiger partial charge is 0.378 e. The number of nitro benzene ring substituents is 1. The SMILES string of the molecule is Cc1ccc([C@@H]2Nc3ccc([N+](=O)[O-])cc3[C@@H]3[C@H]4CC[C@@H](C4)[C@H]32)cc1. The number of nitrogens with one attached hydrogen (secondary N) is 1. The minimum atomic E-state index is -0.269. The summed E-state index contributed by atoms with van der Waals surface area (Å²) in [4.78, 5) is 11.0. The third-order valence-corrected chi connectivity index (χ3v) is 6.72. The standard InChI is InChI=1S/C21H22N2O2/c1-12-2-4-13(5-3-12)21-20-15-7-6-14(10-15)19(20)17-11-16(23(24)25)8-9-18(17)22-21/h2-5,8-9,11,14-15,19-22H,6-7,10H2,1H3/t14-,15-,19-,20+,21-/m0/s1. The summed E-state index contributed by atoms with van der Waals surface area (Å²) in [5, 5.41) is 15.0. The molecule has 2 aromatic carbocycles. The lowest BCUT2D eigenvalue weighted by atomic mass is 9.68. The summed E-state index contributed by atoms with van der Waals surface area (Å²) in [6.07, 6.45) is 3.86. The Kier molecular flexibility index (Phi) is 3.18. The summed E-state index contributed by atoms with van der Waals surface area (Å²) in [6, 6.07) is 14.5. The third-order valence-electron chi connectivity index (χ3n) is 6.72. The number of rotatable bonds is 2. The average molecular weight is 334 g/mol. The lowest BCUT2D eigenvalue weighted by Crippen LogP contribution is -2.35. The number of hydrogen-bond donors (Lipinski definition) is 1. The van der Waals surface area contributed by atoms with Gasteiger partial charge in [0.25, 0.3) is 5.69 Å². The second-order valence-corrected chi connectivity index (χ2v) is 8.00. The molecule has 0 unspecified atom stereocenters. The van der Waals surface area contributed by atoms with Gasteiger partial charge in [0.1, 0.15) is 0 Å². The van der Waals surface area contributed by atoms with E-state index in [1.54, 1.807) is 6.07 Å². The Morgan fingerprint density at radius 3 is 2.60 bits per heavy atom. The van der Waals surface area contributed by atoms with E-state index in [9.17, 15) is 10.1 Å². The molecule has 25 heavy (non-hydrogen) atoms. The molecule has 4 nitrogen and oxygen atoms in total. The molecule has 3 aliphatic rings. The number of nitro groups is 1. The molecule has 0 aromatic heterocycles. The van der Waals surface area contributed by atoms with Crippen molar-refractivity contribution in [2.45, 2.75) is 38.1 Å². The number of aryl methyl sites for hydroxylation is 1. The summed E-state index contributed by atoms with van der Waals surface area (Å²) in [7, 11) is 0. The van der Waals surface area contributed by atoms with Crippen LogP contribution in [0, 0.1) is 34.8 Å². The maximum absolute atomic E-state index is 11.2. The van der Waals surface area contributed by atoms with Crippen LogP contribution in [0.25, 0.3) is 0 Å². The highest BCUT2D eigenvalue weighted by molar-refractivity contribution is 5.62. The van der Waals surface area contributed by atoms with Gasteiger partial charge in [-0.1, -0.05) is 29.8 Å². The summed E-state index contributed by atoms with van der Waals surface area (Å²) in [5.74, 6) is 2.43. The van der Waals surface area contributed by atoms with Crippen molar-refractivity contribution in [3.8, 4) is 0 Å². The number of hydrogen-bond acceptors (Lipinski definition) is 3. The number of nitrogens with zero attached hydrogens (tertiary/aromatic N) is 1. The number of benzene rings is 2. The molecule has 2 saturated carbocycles. The fourth-order valence-corrected chi connectivity index (χ4v) is 5.69. The van der Waals surface area contributed by atoms with Gasteiger partial charge in [-0.25, -0.2) is 0 Å². The molecule has 5 rings (SSSR count). The van der Waals surface area contributed by atoms with Crippen LogP contribution in [0.1, 0.15) is 47.9 Å². The topological polar surface area (TPSA) is 55.2 Å². The van der Waals surface area contributed by atoms with Crippen LogP contribution in [-0.4, -0.2) is 4.92 Å². The van der Waals surface area contributed by atoms with E-state index in [4.69, 9.17) is 0 Å². The van der Waals surface area contributed by atoms with E-state index >= 15 is 0 Å². The van der Waals surface area contributed by atoms with Crippen molar-refractivity contribution >= 4 is 11.4 Å². The Morgan fingerprint density at radius 2 is 1.84 bits per heavy atom. The molecule has 2 bridgehead atoms. The van der Waals surface area contributed by atoms with Gasteiger partial charge < -0.3 is 5.32 Å². The van der Waals surface area contributed by atoms with Crippen LogP contribution < -0.4 is 5.32 Å². The first kappa shape index (κ1) is 14.9. The van der Waals surface area contributed by atoms with Gasteiger partial charge in [0.05, 0.1) is 11.0 Å². The molecule has 5 atom stereocenters. The van der Waals surface area contributed by atoms with Gasteiger partial charge in [-0.15, -0.1) is 0 Å². The van der Waals surface area contributed by atoms with Gasteiger partial charge in [-0.05, 0) is 67.1 Å². The normalized spacial score (nSPS) is 32.0. The van der Waals surface area contributed by atoms with E-state index in [-0.39, 0.29) is 10.6 Å². The summed E-state index contributed by atoms with van der Waals surface area (Å²) >= 11 is 0. The Labute approximate surface area is 147 Å². The van der Waals surface area contributed by atoms with E-state index in [0.29, 0.717) is 23.8 Å². The molecule has 1 N–H and O–H groups in total. The molecule has 0 amide bonds. The van der Waals surface area contributed by atoms with Gasteiger partial charge in [-0.2, -0.15) is 0 Å². The zero-order chi connectivity index (χ0) is 17.1. The average Bonchev–Trinajstić information content (AvgIpc) is 3.23. The first-order valence-corrected chi connectivity index (χ1v) is 9.23. The van der Waals surface area contributed by atoms with Crippen molar-refractivity contribution in [2.75, 3.05) is 5.32 Å². The van der Waals surface area contributed by atoms with Gasteiger partial charge in [-0.3, -0.25) is 10.1 Å². The van der Waals surface area contributed by atoms with Crippen molar-refractivity contribution in [2.24, 2.45) is 17.8 Å². The lowest BCUT2D eigenvalue weighted by Gasteiger charge is -2.43. The molecule has 2 aliphatic carbocycles. The third kappa shape index (κ3) is 2.20. The number of fused-ring (bicyclic) bond motifs is 7. The van der Waals surface area contributed by atoms with E-state index in [2.05, 4.69) is 36.5 Å². The van der Waals surface area contributed by atoms with Crippen LogP contribution in [0.3, 0.4) is 0 Å².